The summed E-state index contributed by atoms with van der Waals surface area (Å²) in [5.74, 6) is -0.0782. The molecular formula is C33H34N2O4. The van der Waals surface area contributed by atoms with Gasteiger partial charge >= 0.3 is 6.09 Å². The Morgan fingerprint density at radius 2 is 1.21 bits per heavy atom. The lowest BCUT2D eigenvalue weighted by atomic mass is 9.92. The smallest absolute Gasteiger partial charge is 0.407 e. The highest BCUT2D eigenvalue weighted by Gasteiger charge is 2.33. The molecule has 4 aromatic carbocycles. The second-order valence-electron chi connectivity index (χ2n) is 10.1. The standard InChI is InChI=1S/C33H34N2O4/c34-29(19-22-11-3-1-4-12-22)31(36)32(37)30(20-23-13-5-2-6-14-23)35-33(38)39-21-28-26-17-9-7-15-24(26)25-16-8-10-18-27(25)28/h1-18,28-32,36-37H,19-21,34H2,(H,35,38)/t29-,30-,31?,32?/m0/s1. The fourth-order valence-corrected chi connectivity index (χ4v) is 5.41. The molecule has 5 rings (SSSR count). The van der Waals surface area contributed by atoms with Gasteiger partial charge in [0.1, 0.15) is 12.7 Å². The molecule has 0 saturated heterocycles. The van der Waals surface area contributed by atoms with Gasteiger partial charge in [-0.3, -0.25) is 0 Å². The summed E-state index contributed by atoms with van der Waals surface area (Å²) >= 11 is 0. The first-order valence-corrected chi connectivity index (χ1v) is 13.3. The van der Waals surface area contributed by atoms with Crippen LogP contribution in [0.25, 0.3) is 11.1 Å². The van der Waals surface area contributed by atoms with E-state index >= 15 is 0 Å². The van der Waals surface area contributed by atoms with Gasteiger partial charge in [-0.25, -0.2) is 4.79 Å². The number of ether oxygens (including phenoxy) is 1. The first-order chi connectivity index (χ1) is 19.0. The highest BCUT2D eigenvalue weighted by molar-refractivity contribution is 5.79. The minimum Gasteiger partial charge on any atom is -0.449 e. The van der Waals surface area contributed by atoms with Gasteiger partial charge in [-0.05, 0) is 46.2 Å². The normalized spacial score (nSPS) is 15.5. The molecule has 1 aliphatic carbocycles. The molecule has 2 unspecified atom stereocenters. The van der Waals surface area contributed by atoms with Gasteiger partial charge in [-0.1, -0.05) is 109 Å². The third kappa shape index (κ3) is 6.20. The van der Waals surface area contributed by atoms with E-state index in [1.54, 1.807) is 0 Å². The van der Waals surface area contributed by atoms with Crippen LogP contribution in [0.15, 0.2) is 109 Å². The Morgan fingerprint density at radius 1 is 0.718 bits per heavy atom. The lowest BCUT2D eigenvalue weighted by Gasteiger charge is -2.31. The SMILES string of the molecule is N[C@@H](Cc1ccccc1)C(O)C(O)[C@H](Cc1ccccc1)NC(=O)OCC1c2ccccc2-c2ccccc21. The maximum atomic E-state index is 13.1. The van der Waals surface area contributed by atoms with E-state index < -0.39 is 30.4 Å². The van der Waals surface area contributed by atoms with Crippen LogP contribution < -0.4 is 11.1 Å². The first kappa shape index (κ1) is 26.6. The molecule has 1 amide bonds. The number of aliphatic hydroxyl groups is 2. The maximum absolute atomic E-state index is 13.1. The zero-order chi connectivity index (χ0) is 27.2. The summed E-state index contributed by atoms with van der Waals surface area (Å²) < 4.78 is 5.72. The van der Waals surface area contributed by atoms with Crippen molar-refractivity contribution in [2.24, 2.45) is 5.73 Å². The number of hydrogen-bond donors (Lipinski definition) is 4. The van der Waals surface area contributed by atoms with Gasteiger partial charge in [0.25, 0.3) is 0 Å². The van der Waals surface area contributed by atoms with Crippen molar-refractivity contribution in [2.75, 3.05) is 6.61 Å². The molecule has 4 atom stereocenters. The Hall–Kier alpha value is -3.97. The number of nitrogens with two attached hydrogens (primary N) is 1. The summed E-state index contributed by atoms with van der Waals surface area (Å²) in [5, 5.41) is 24.9. The molecule has 0 aromatic heterocycles. The topological polar surface area (TPSA) is 105 Å². The molecule has 200 valence electrons. The van der Waals surface area contributed by atoms with Crippen LogP contribution in [-0.4, -0.2) is 47.2 Å². The van der Waals surface area contributed by atoms with Gasteiger partial charge in [0.15, 0.2) is 0 Å². The molecule has 0 aliphatic heterocycles. The second-order valence-corrected chi connectivity index (χ2v) is 10.1. The highest BCUT2D eigenvalue weighted by atomic mass is 16.5. The molecule has 6 heteroatoms. The van der Waals surface area contributed by atoms with Crippen molar-refractivity contribution in [2.45, 2.75) is 43.1 Å². The maximum Gasteiger partial charge on any atom is 0.407 e. The molecule has 0 radical (unpaired) electrons. The molecule has 0 heterocycles. The third-order valence-electron chi connectivity index (χ3n) is 7.46. The molecule has 6 nitrogen and oxygen atoms in total. The van der Waals surface area contributed by atoms with Crippen molar-refractivity contribution in [1.82, 2.24) is 5.32 Å². The summed E-state index contributed by atoms with van der Waals surface area (Å²) in [6.07, 6.45) is -2.51. The van der Waals surface area contributed by atoms with E-state index in [0.717, 1.165) is 33.4 Å². The van der Waals surface area contributed by atoms with E-state index in [9.17, 15) is 15.0 Å². The summed E-state index contributed by atoms with van der Waals surface area (Å²) in [6, 6.07) is 33.9. The number of hydrogen-bond acceptors (Lipinski definition) is 5. The average Bonchev–Trinajstić information content (AvgIpc) is 3.29. The van der Waals surface area contributed by atoms with Gasteiger partial charge in [-0.2, -0.15) is 0 Å². The molecule has 39 heavy (non-hydrogen) atoms. The molecule has 0 fully saturated rings. The molecule has 4 aromatic rings. The number of nitrogens with one attached hydrogen (secondary N) is 1. The van der Waals surface area contributed by atoms with E-state index in [0.29, 0.717) is 12.8 Å². The van der Waals surface area contributed by atoms with Crippen molar-refractivity contribution in [3.05, 3.63) is 131 Å². The molecule has 5 N–H and O–H groups in total. The predicted octanol–water partition coefficient (Wildman–Crippen LogP) is 4.43. The molecule has 0 bridgehead atoms. The van der Waals surface area contributed by atoms with E-state index in [2.05, 4.69) is 29.6 Å². The third-order valence-corrected chi connectivity index (χ3v) is 7.46. The van der Waals surface area contributed by atoms with Crippen LogP contribution in [0.4, 0.5) is 4.79 Å². The number of carbonyl (C=O) groups excluding carboxylic acids is 1. The van der Waals surface area contributed by atoms with Crippen LogP contribution in [0.1, 0.15) is 28.2 Å². The van der Waals surface area contributed by atoms with Gasteiger partial charge in [-0.15, -0.1) is 0 Å². The number of benzene rings is 4. The summed E-state index contributed by atoms with van der Waals surface area (Å²) in [5.41, 5.74) is 12.7. The minimum atomic E-state index is -1.30. The molecule has 0 spiro atoms. The second kappa shape index (κ2) is 12.3. The highest BCUT2D eigenvalue weighted by Crippen LogP contribution is 2.44. The van der Waals surface area contributed by atoms with Crippen molar-refractivity contribution in [1.29, 1.82) is 0 Å². The van der Waals surface area contributed by atoms with Crippen LogP contribution in [0, 0.1) is 0 Å². The zero-order valence-electron chi connectivity index (χ0n) is 21.7. The fraction of sp³-hybridized carbons (Fsp3) is 0.242. The molecule has 1 aliphatic rings. The average molecular weight is 523 g/mol. The summed E-state index contributed by atoms with van der Waals surface area (Å²) in [7, 11) is 0. The predicted molar refractivity (Wildman–Crippen MR) is 152 cm³/mol. The van der Waals surface area contributed by atoms with E-state index in [1.165, 1.54) is 0 Å². The molecule has 0 saturated carbocycles. The fourth-order valence-electron chi connectivity index (χ4n) is 5.41. The van der Waals surface area contributed by atoms with Crippen molar-refractivity contribution < 1.29 is 19.7 Å². The van der Waals surface area contributed by atoms with Gasteiger partial charge in [0.05, 0.1) is 12.1 Å². The monoisotopic (exact) mass is 522 g/mol. The number of carbonyl (C=O) groups is 1. The largest absolute Gasteiger partial charge is 0.449 e. The van der Waals surface area contributed by atoms with Crippen molar-refractivity contribution in [3.63, 3.8) is 0 Å². The van der Waals surface area contributed by atoms with Gasteiger partial charge in [0.2, 0.25) is 0 Å². The van der Waals surface area contributed by atoms with Crippen LogP contribution in [-0.2, 0) is 17.6 Å². The quantitative estimate of drug-likeness (QED) is 0.247. The Morgan fingerprint density at radius 3 is 1.77 bits per heavy atom. The van der Waals surface area contributed by atoms with Crippen LogP contribution in [0.3, 0.4) is 0 Å². The van der Waals surface area contributed by atoms with E-state index in [-0.39, 0.29) is 12.5 Å². The lowest BCUT2D eigenvalue weighted by Crippen LogP contribution is -2.55. The van der Waals surface area contributed by atoms with Gasteiger partial charge in [0, 0.05) is 12.0 Å². The first-order valence-electron chi connectivity index (χ1n) is 13.3. The number of alkyl carbamates (subject to hydrolysis) is 1. The number of aliphatic hydroxyl groups excluding tert-OH is 2. The molecular weight excluding hydrogens is 488 g/mol. The van der Waals surface area contributed by atoms with Gasteiger partial charge < -0.3 is 26.0 Å². The summed E-state index contributed by atoms with van der Waals surface area (Å²) in [4.78, 5) is 13.1. The number of rotatable bonds is 10. The Kier molecular flexibility index (Phi) is 8.37. The Labute approximate surface area is 229 Å². The van der Waals surface area contributed by atoms with Crippen LogP contribution in [0.5, 0.6) is 0 Å². The summed E-state index contributed by atoms with van der Waals surface area (Å²) in [6.45, 7) is 0.157. The van der Waals surface area contributed by atoms with Crippen LogP contribution in [0.2, 0.25) is 0 Å². The lowest BCUT2D eigenvalue weighted by molar-refractivity contribution is -0.0171. The van der Waals surface area contributed by atoms with E-state index in [4.69, 9.17) is 10.5 Å². The number of amides is 1. The Bertz CT molecular complexity index is 1330. The zero-order valence-corrected chi connectivity index (χ0v) is 21.7. The number of fused-ring (bicyclic) bond motifs is 3. The van der Waals surface area contributed by atoms with E-state index in [1.807, 2.05) is 84.9 Å². The van der Waals surface area contributed by atoms with Crippen LogP contribution >= 0.6 is 0 Å². The Balaban J connectivity index is 1.28. The van der Waals surface area contributed by atoms with Crippen molar-refractivity contribution in [3.8, 4) is 11.1 Å². The minimum absolute atomic E-state index is 0.0782. The van der Waals surface area contributed by atoms with Crippen molar-refractivity contribution >= 4 is 6.09 Å².